The largest absolute Gasteiger partial charge is 0.462 e. The number of hydrogen-bond acceptors (Lipinski definition) is 2. The first kappa shape index (κ1) is 17.1. The van der Waals surface area contributed by atoms with E-state index in [4.69, 9.17) is 4.74 Å². The first-order valence-corrected chi connectivity index (χ1v) is 8.48. The molecule has 0 N–H and O–H groups in total. The van der Waals surface area contributed by atoms with Gasteiger partial charge in [0.05, 0.1) is 0 Å². The summed E-state index contributed by atoms with van der Waals surface area (Å²) < 4.78 is 5.19. The predicted octanol–water partition coefficient (Wildman–Crippen LogP) is 5.01. The first-order valence-electron chi connectivity index (χ1n) is 8.48. The van der Waals surface area contributed by atoms with E-state index in [9.17, 15) is 4.79 Å². The standard InChI is InChI=1S/C18H30O2/c1-2-3-4-5-6-7-8-9-10-11-12-13-14-17-15-16-18(19)20-17/h17H,2-8,11-16H2,1H3/t17-/m1/s1. The third kappa shape index (κ3) is 9.02. The van der Waals surface area contributed by atoms with Crippen molar-refractivity contribution >= 4 is 5.97 Å². The Morgan fingerprint density at radius 1 is 1.00 bits per heavy atom. The number of hydrogen-bond donors (Lipinski definition) is 0. The van der Waals surface area contributed by atoms with Crippen molar-refractivity contribution in [3.8, 4) is 11.8 Å². The minimum Gasteiger partial charge on any atom is -0.462 e. The molecule has 2 heteroatoms. The number of esters is 1. The molecule has 2 nitrogen and oxygen atoms in total. The molecule has 1 heterocycles. The first-order chi connectivity index (χ1) is 9.83. The molecule has 1 aliphatic rings. The van der Waals surface area contributed by atoms with Crippen LogP contribution in [-0.2, 0) is 9.53 Å². The van der Waals surface area contributed by atoms with Crippen molar-refractivity contribution in [1.29, 1.82) is 0 Å². The summed E-state index contributed by atoms with van der Waals surface area (Å²) in [5.74, 6) is 6.52. The summed E-state index contributed by atoms with van der Waals surface area (Å²) in [5, 5.41) is 0. The van der Waals surface area contributed by atoms with Crippen LogP contribution in [0.1, 0.15) is 90.4 Å². The molecular formula is C18H30O2. The molecule has 0 radical (unpaired) electrons. The van der Waals surface area contributed by atoms with Crippen molar-refractivity contribution in [1.82, 2.24) is 0 Å². The maximum Gasteiger partial charge on any atom is 0.306 e. The lowest BCUT2D eigenvalue weighted by atomic mass is 10.1. The SMILES string of the molecule is CCCCCCCCC#CCCCC[C@@H]1CCC(=O)O1. The monoisotopic (exact) mass is 278 g/mol. The van der Waals surface area contributed by atoms with Crippen molar-refractivity contribution in [3.05, 3.63) is 0 Å². The number of unbranched alkanes of at least 4 members (excludes halogenated alkanes) is 8. The van der Waals surface area contributed by atoms with Crippen molar-refractivity contribution in [2.24, 2.45) is 0 Å². The van der Waals surface area contributed by atoms with E-state index in [0.29, 0.717) is 6.42 Å². The van der Waals surface area contributed by atoms with Crippen LogP contribution in [0.25, 0.3) is 0 Å². The average molecular weight is 278 g/mol. The van der Waals surface area contributed by atoms with Crippen LogP contribution in [0.5, 0.6) is 0 Å². The molecule has 0 saturated carbocycles. The fourth-order valence-electron chi connectivity index (χ4n) is 2.54. The predicted molar refractivity (Wildman–Crippen MR) is 83.4 cm³/mol. The van der Waals surface area contributed by atoms with Crippen LogP contribution in [0.4, 0.5) is 0 Å². The van der Waals surface area contributed by atoms with Crippen LogP contribution in [0.2, 0.25) is 0 Å². The van der Waals surface area contributed by atoms with Gasteiger partial charge in [0, 0.05) is 19.3 Å². The van der Waals surface area contributed by atoms with Gasteiger partial charge >= 0.3 is 5.97 Å². The maximum atomic E-state index is 10.9. The molecule has 0 amide bonds. The summed E-state index contributed by atoms with van der Waals surface area (Å²) in [5.41, 5.74) is 0. The molecule has 0 unspecified atom stereocenters. The molecule has 0 bridgehead atoms. The van der Waals surface area contributed by atoms with Crippen molar-refractivity contribution < 1.29 is 9.53 Å². The highest BCUT2D eigenvalue weighted by molar-refractivity contribution is 5.71. The van der Waals surface area contributed by atoms with Crippen molar-refractivity contribution in [2.75, 3.05) is 0 Å². The van der Waals surface area contributed by atoms with Gasteiger partial charge in [0.2, 0.25) is 0 Å². The van der Waals surface area contributed by atoms with E-state index in [1.54, 1.807) is 0 Å². The third-order valence-corrected chi connectivity index (χ3v) is 3.83. The number of ether oxygens (including phenoxy) is 1. The fraction of sp³-hybridized carbons (Fsp3) is 0.833. The molecular weight excluding hydrogens is 248 g/mol. The summed E-state index contributed by atoms with van der Waals surface area (Å²) in [7, 11) is 0. The van der Waals surface area contributed by atoms with E-state index in [-0.39, 0.29) is 12.1 Å². The molecule has 1 saturated heterocycles. The second-order valence-corrected chi connectivity index (χ2v) is 5.77. The summed E-state index contributed by atoms with van der Waals surface area (Å²) in [6.07, 6.45) is 15.1. The van der Waals surface area contributed by atoms with Crippen LogP contribution in [-0.4, -0.2) is 12.1 Å². The van der Waals surface area contributed by atoms with Crippen molar-refractivity contribution in [3.63, 3.8) is 0 Å². The lowest BCUT2D eigenvalue weighted by Crippen LogP contribution is -2.05. The molecule has 0 aliphatic carbocycles. The Labute approximate surface area is 124 Å². The Bertz CT molecular complexity index is 311. The topological polar surface area (TPSA) is 26.3 Å². The molecule has 1 fully saturated rings. The van der Waals surface area contributed by atoms with Gasteiger partial charge in [-0.2, -0.15) is 0 Å². The molecule has 0 aromatic heterocycles. The second-order valence-electron chi connectivity index (χ2n) is 5.77. The molecule has 1 rings (SSSR count). The van der Waals surface area contributed by atoms with Crippen LogP contribution in [0, 0.1) is 11.8 Å². The Kier molecular flexibility index (Phi) is 10.1. The number of rotatable bonds is 10. The van der Waals surface area contributed by atoms with Gasteiger partial charge in [-0.3, -0.25) is 4.79 Å². The van der Waals surface area contributed by atoms with Gasteiger partial charge in [-0.1, -0.05) is 39.0 Å². The van der Waals surface area contributed by atoms with Crippen LogP contribution in [0.3, 0.4) is 0 Å². The molecule has 1 aliphatic heterocycles. The van der Waals surface area contributed by atoms with Gasteiger partial charge in [0.15, 0.2) is 0 Å². The normalized spacial score (nSPS) is 17.6. The summed E-state index contributed by atoms with van der Waals surface area (Å²) in [4.78, 5) is 10.9. The van der Waals surface area contributed by atoms with Gasteiger partial charge in [0.1, 0.15) is 6.10 Å². The molecule has 0 aromatic rings. The number of carbonyl (C=O) groups is 1. The van der Waals surface area contributed by atoms with Crippen LogP contribution >= 0.6 is 0 Å². The molecule has 20 heavy (non-hydrogen) atoms. The van der Waals surface area contributed by atoms with Gasteiger partial charge in [0.25, 0.3) is 0 Å². The molecule has 1 atom stereocenters. The summed E-state index contributed by atoms with van der Waals surface area (Å²) >= 11 is 0. The van der Waals surface area contributed by atoms with E-state index in [1.807, 2.05) is 0 Å². The Morgan fingerprint density at radius 2 is 1.65 bits per heavy atom. The quantitative estimate of drug-likeness (QED) is 0.319. The highest BCUT2D eigenvalue weighted by atomic mass is 16.5. The lowest BCUT2D eigenvalue weighted by molar-refractivity contribution is -0.141. The van der Waals surface area contributed by atoms with Gasteiger partial charge < -0.3 is 4.74 Å². The van der Waals surface area contributed by atoms with Crippen LogP contribution in [0.15, 0.2) is 0 Å². The zero-order valence-corrected chi connectivity index (χ0v) is 13.1. The fourth-order valence-corrected chi connectivity index (χ4v) is 2.54. The second kappa shape index (κ2) is 11.8. The van der Waals surface area contributed by atoms with E-state index in [0.717, 1.165) is 38.5 Å². The molecule has 0 spiro atoms. The van der Waals surface area contributed by atoms with Gasteiger partial charge in [-0.25, -0.2) is 0 Å². The summed E-state index contributed by atoms with van der Waals surface area (Å²) in [6, 6.07) is 0. The lowest BCUT2D eigenvalue weighted by Gasteiger charge is -2.06. The molecule has 0 aromatic carbocycles. The Hall–Kier alpha value is -0.970. The molecule has 114 valence electrons. The summed E-state index contributed by atoms with van der Waals surface area (Å²) in [6.45, 7) is 2.25. The van der Waals surface area contributed by atoms with Gasteiger partial charge in [-0.15, -0.1) is 11.8 Å². The van der Waals surface area contributed by atoms with E-state index in [1.165, 1.54) is 38.5 Å². The Morgan fingerprint density at radius 3 is 2.30 bits per heavy atom. The zero-order valence-electron chi connectivity index (χ0n) is 13.1. The van der Waals surface area contributed by atoms with E-state index >= 15 is 0 Å². The smallest absolute Gasteiger partial charge is 0.306 e. The van der Waals surface area contributed by atoms with Crippen LogP contribution < -0.4 is 0 Å². The minimum atomic E-state index is -0.0197. The third-order valence-electron chi connectivity index (χ3n) is 3.83. The highest BCUT2D eigenvalue weighted by Crippen LogP contribution is 2.19. The van der Waals surface area contributed by atoms with E-state index < -0.39 is 0 Å². The average Bonchev–Trinajstić information content (AvgIpc) is 2.86. The maximum absolute atomic E-state index is 10.9. The number of carbonyl (C=O) groups excluding carboxylic acids is 1. The number of cyclic esters (lactones) is 1. The van der Waals surface area contributed by atoms with E-state index in [2.05, 4.69) is 18.8 Å². The zero-order chi connectivity index (χ0) is 14.5. The Balaban J connectivity index is 1.82. The highest BCUT2D eigenvalue weighted by Gasteiger charge is 2.22. The van der Waals surface area contributed by atoms with Crippen molar-refractivity contribution in [2.45, 2.75) is 96.5 Å². The van der Waals surface area contributed by atoms with Gasteiger partial charge in [-0.05, 0) is 32.1 Å². The minimum absolute atomic E-state index is 0.0197.